The van der Waals surface area contributed by atoms with Crippen molar-refractivity contribution in [3.8, 4) is 0 Å². The fourth-order valence-electron chi connectivity index (χ4n) is 2.18. The largest absolute Gasteiger partial charge is 0.244 e. The zero-order chi connectivity index (χ0) is 13.5. The number of nitrogens with one attached hydrogen (secondary N) is 1. The van der Waals surface area contributed by atoms with E-state index in [0.29, 0.717) is 22.0 Å². The normalized spacial score (nSPS) is 21.0. The molecule has 19 heavy (non-hydrogen) atoms. The number of hydrogen-bond acceptors (Lipinski definition) is 3. The number of aryl methyl sites for hydroxylation is 1. The summed E-state index contributed by atoms with van der Waals surface area (Å²) in [5.74, 6) is 0. The summed E-state index contributed by atoms with van der Waals surface area (Å²) in [6.45, 7) is 1.94. The average molecular weight is 270 g/mol. The molecule has 3 rings (SSSR count). The average Bonchev–Trinajstić information content (AvgIpc) is 2.63. The third-order valence-corrected chi connectivity index (χ3v) is 5.05. The molecule has 0 fully saturated rings. The first-order valence-electron chi connectivity index (χ1n) is 6.08. The Labute approximate surface area is 113 Å². The lowest BCUT2D eigenvalue weighted by Crippen LogP contribution is -2.12. The van der Waals surface area contributed by atoms with Gasteiger partial charge in [0.05, 0.1) is 10.6 Å². The van der Waals surface area contributed by atoms with E-state index >= 15 is 0 Å². The van der Waals surface area contributed by atoms with Crippen LogP contribution in [0.2, 0.25) is 0 Å². The second kappa shape index (κ2) is 4.31. The van der Waals surface area contributed by atoms with Crippen LogP contribution in [0, 0.1) is 11.7 Å². The molecule has 1 heterocycles. The highest BCUT2D eigenvalue weighted by Gasteiger charge is 2.28. The molecule has 0 aromatic heterocycles. The molecule has 1 aliphatic heterocycles. The van der Waals surface area contributed by atoms with Crippen LogP contribution in [0.3, 0.4) is 0 Å². The fraction of sp³-hybridized carbons (Fsp3) is 0.133. The van der Waals surface area contributed by atoms with Crippen LogP contribution in [0.1, 0.15) is 11.1 Å². The van der Waals surface area contributed by atoms with Crippen LogP contribution >= 0.6 is 0 Å². The highest BCUT2D eigenvalue weighted by atomic mass is 32.2. The fourth-order valence-corrected chi connectivity index (χ4v) is 3.79. The lowest BCUT2D eigenvalue weighted by Gasteiger charge is -2.05. The highest BCUT2D eigenvalue weighted by molar-refractivity contribution is 8.07. The van der Waals surface area contributed by atoms with E-state index in [-0.39, 0.29) is 0 Å². The summed E-state index contributed by atoms with van der Waals surface area (Å²) in [5, 5.41) is 0.458. The molecule has 0 amide bonds. The van der Waals surface area contributed by atoms with Gasteiger partial charge in [-0.1, -0.05) is 36.4 Å². The first-order valence-corrected chi connectivity index (χ1v) is 7.64. The number of hydrogen-bond donors (Lipinski definition) is 1. The SMILES string of the molecule is Cc1ccc2c(c1)S(=N)(=O)C(Cc1ccccc1)=N2. The summed E-state index contributed by atoms with van der Waals surface area (Å²) in [4.78, 5) is 4.95. The predicted octanol–water partition coefficient (Wildman–Crippen LogP) is 3.69. The van der Waals surface area contributed by atoms with Gasteiger partial charge in [0.2, 0.25) is 0 Å². The summed E-state index contributed by atoms with van der Waals surface area (Å²) in [7, 11) is -2.92. The lowest BCUT2D eigenvalue weighted by atomic mass is 10.2. The minimum atomic E-state index is -2.92. The van der Waals surface area contributed by atoms with Gasteiger partial charge in [-0.15, -0.1) is 0 Å². The van der Waals surface area contributed by atoms with Crippen molar-refractivity contribution in [2.45, 2.75) is 18.2 Å². The number of fused-ring (bicyclic) bond motifs is 1. The van der Waals surface area contributed by atoms with Gasteiger partial charge in [0.15, 0.2) is 0 Å². The molecular weight excluding hydrogens is 256 g/mol. The van der Waals surface area contributed by atoms with Gasteiger partial charge in [0.1, 0.15) is 14.8 Å². The predicted molar refractivity (Wildman–Crippen MR) is 77.5 cm³/mol. The van der Waals surface area contributed by atoms with E-state index in [1.165, 1.54) is 0 Å². The van der Waals surface area contributed by atoms with Crippen molar-refractivity contribution in [2.24, 2.45) is 4.99 Å². The number of rotatable bonds is 2. The van der Waals surface area contributed by atoms with Gasteiger partial charge in [-0.25, -0.2) is 14.0 Å². The molecule has 96 valence electrons. The van der Waals surface area contributed by atoms with Crippen LogP contribution in [0.4, 0.5) is 5.69 Å². The summed E-state index contributed by atoms with van der Waals surface area (Å²) >= 11 is 0. The number of benzene rings is 2. The van der Waals surface area contributed by atoms with Gasteiger partial charge < -0.3 is 0 Å². The Kier molecular flexibility index (Phi) is 2.75. The van der Waals surface area contributed by atoms with Crippen LogP contribution in [-0.4, -0.2) is 9.25 Å². The minimum Gasteiger partial charge on any atom is -0.244 e. The van der Waals surface area contributed by atoms with E-state index in [1.807, 2.05) is 55.5 Å². The molecule has 0 radical (unpaired) electrons. The first kappa shape index (κ1) is 12.1. The van der Waals surface area contributed by atoms with Gasteiger partial charge in [0.25, 0.3) is 0 Å². The summed E-state index contributed by atoms with van der Waals surface area (Å²) in [6, 6.07) is 15.3. The van der Waals surface area contributed by atoms with Crippen LogP contribution in [0.5, 0.6) is 0 Å². The maximum Gasteiger partial charge on any atom is 0.122 e. The molecule has 1 aliphatic rings. The Morgan fingerprint density at radius 2 is 1.89 bits per heavy atom. The third kappa shape index (κ3) is 2.08. The monoisotopic (exact) mass is 270 g/mol. The maximum atomic E-state index is 12.6. The first-order chi connectivity index (χ1) is 9.07. The third-order valence-electron chi connectivity index (χ3n) is 3.20. The van der Waals surface area contributed by atoms with E-state index < -0.39 is 9.73 Å². The molecule has 2 aromatic rings. The van der Waals surface area contributed by atoms with Crippen LogP contribution in [0.15, 0.2) is 58.4 Å². The molecule has 4 heteroatoms. The minimum absolute atomic E-state index is 0.458. The van der Waals surface area contributed by atoms with E-state index in [2.05, 4.69) is 4.99 Å². The quantitative estimate of drug-likeness (QED) is 0.889. The molecule has 0 spiro atoms. The Hall–Kier alpha value is -1.94. The second-order valence-corrected chi connectivity index (χ2v) is 6.72. The summed E-state index contributed by atoms with van der Waals surface area (Å²) in [6.07, 6.45) is 0.469. The van der Waals surface area contributed by atoms with Gasteiger partial charge in [-0.05, 0) is 30.2 Å². The molecular formula is C15H14N2OS. The van der Waals surface area contributed by atoms with Crippen LogP contribution in [-0.2, 0) is 16.1 Å². The Balaban J connectivity index is 2.03. The van der Waals surface area contributed by atoms with E-state index in [4.69, 9.17) is 4.78 Å². The molecule has 1 unspecified atom stereocenters. The Morgan fingerprint density at radius 1 is 1.16 bits per heavy atom. The van der Waals surface area contributed by atoms with Crippen molar-refractivity contribution in [1.29, 1.82) is 4.78 Å². The van der Waals surface area contributed by atoms with Crippen molar-refractivity contribution in [3.05, 3.63) is 59.7 Å². The zero-order valence-electron chi connectivity index (χ0n) is 10.6. The smallest absolute Gasteiger partial charge is 0.122 e. The van der Waals surface area contributed by atoms with Gasteiger partial charge in [-0.3, -0.25) is 0 Å². The van der Waals surface area contributed by atoms with E-state index in [1.54, 1.807) is 0 Å². The molecule has 0 bridgehead atoms. The lowest BCUT2D eigenvalue weighted by molar-refractivity contribution is 0.683. The molecule has 3 nitrogen and oxygen atoms in total. The van der Waals surface area contributed by atoms with Gasteiger partial charge >= 0.3 is 0 Å². The van der Waals surface area contributed by atoms with Crippen molar-refractivity contribution < 1.29 is 4.21 Å². The molecule has 1 atom stereocenters. The van der Waals surface area contributed by atoms with Crippen LogP contribution in [0.25, 0.3) is 0 Å². The topological polar surface area (TPSA) is 53.3 Å². The van der Waals surface area contributed by atoms with E-state index in [0.717, 1.165) is 11.1 Å². The summed E-state index contributed by atoms with van der Waals surface area (Å²) in [5.41, 5.74) is 2.72. The van der Waals surface area contributed by atoms with Crippen molar-refractivity contribution in [2.75, 3.05) is 0 Å². The second-order valence-electron chi connectivity index (χ2n) is 4.70. The van der Waals surface area contributed by atoms with Crippen molar-refractivity contribution in [3.63, 3.8) is 0 Å². The molecule has 1 N–H and O–H groups in total. The summed E-state index contributed by atoms with van der Waals surface area (Å²) < 4.78 is 20.8. The molecule has 0 saturated heterocycles. The van der Waals surface area contributed by atoms with Crippen molar-refractivity contribution in [1.82, 2.24) is 0 Å². The molecule has 0 saturated carbocycles. The van der Waals surface area contributed by atoms with Crippen LogP contribution < -0.4 is 0 Å². The van der Waals surface area contributed by atoms with Gasteiger partial charge in [0, 0.05) is 6.42 Å². The number of nitrogens with zero attached hydrogens (tertiary/aromatic N) is 1. The maximum absolute atomic E-state index is 12.6. The van der Waals surface area contributed by atoms with E-state index in [9.17, 15) is 4.21 Å². The zero-order valence-corrected chi connectivity index (χ0v) is 11.4. The molecule has 2 aromatic carbocycles. The van der Waals surface area contributed by atoms with Gasteiger partial charge in [-0.2, -0.15) is 0 Å². The highest BCUT2D eigenvalue weighted by Crippen LogP contribution is 2.34. The Bertz CT molecular complexity index is 762. The number of aliphatic imine (C=N–C) groups is 1. The van der Waals surface area contributed by atoms with Crippen molar-refractivity contribution >= 4 is 20.5 Å². The molecule has 0 aliphatic carbocycles. The Morgan fingerprint density at radius 3 is 2.63 bits per heavy atom. The standard InChI is InChI=1S/C15H14N2OS/c1-11-7-8-13-14(9-11)19(16,18)15(17-13)10-12-5-3-2-4-6-12/h2-9,16H,10H2,1H3.